The fourth-order valence-corrected chi connectivity index (χ4v) is 2.36. The summed E-state index contributed by atoms with van der Waals surface area (Å²) in [7, 11) is 0. The molecule has 0 amide bonds. The van der Waals surface area contributed by atoms with E-state index in [2.05, 4.69) is 26.2 Å². The zero-order valence-corrected chi connectivity index (χ0v) is 12.6. The van der Waals surface area contributed by atoms with Crippen molar-refractivity contribution in [1.29, 1.82) is 0 Å². The summed E-state index contributed by atoms with van der Waals surface area (Å²) < 4.78 is 7.01. The van der Waals surface area contributed by atoms with Gasteiger partial charge in [0.1, 0.15) is 17.3 Å². The van der Waals surface area contributed by atoms with Crippen molar-refractivity contribution in [1.82, 2.24) is 5.32 Å². The third-order valence-electron chi connectivity index (χ3n) is 3.08. The molecule has 0 atom stereocenters. The maximum atomic E-state index is 5.98. The third kappa shape index (κ3) is 3.02. The molecule has 3 rings (SSSR count). The maximum Gasteiger partial charge on any atom is 0.138 e. The van der Waals surface area contributed by atoms with Gasteiger partial charge in [-0.1, -0.05) is 28.1 Å². The van der Waals surface area contributed by atoms with Crippen LogP contribution in [0.4, 0.5) is 0 Å². The van der Waals surface area contributed by atoms with E-state index in [0.29, 0.717) is 0 Å². The molecule has 0 spiro atoms. The Balaban J connectivity index is 1.89. The van der Waals surface area contributed by atoms with Crippen LogP contribution in [0.3, 0.4) is 0 Å². The highest BCUT2D eigenvalue weighted by Crippen LogP contribution is 2.26. The van der Waals surface area contributed by atoms with Crippen molar-refractivity contribution in [2.45, 2.75) is 6.42 Å². The van der Waals surface area contributed by atoms with E-state index in [1.165, 1.54) is 0 Å². The van der Waals surface area contributed by atoms with Crippen molar-refractivity contribution in [3.63, 3.8) is 0 Å². The molecule has 0 aromatic heterocycles. The summed E-state index contributed by atoms with van der Waals surface area (Å²) in [6, 6.07) is 15.8. The number of hydrogen-bond acceptors (Lipinski definition) is 3. The fraction of sp³-hybridized carbons (Fsp3) is 0.188. The Bertz CT molecular complexity index is 623. The molecule has 20 heavy (non-hydrogen) atoms. The number of nitrogens with zero attached hydrogens (tertiary/aromatic N) is 1. The van der Waals surface area contributed by atoms with Crippen LogP contribution in [0.25, 0.3) is 0 Å². The molecule has 1 aliphatic heterocycles. The Morgan fingerprint density at radius 2 is 1.85 bits per heavy atom. The molecular weight excluding hydrogens is 316 g/mol. The van der Waals surface area contributed by atoms with Crippen LogP contribution < -0.4 is 10.1 Å². The Morgan fingerprint density at radius 1 is 1.05 bits per heavy atom. The Labute approximate surface area is 126 Å². The number of para-hydroxylation sites is 1. The molecule has 0 unspecified atom stereocenters. The van der Waals surface area contributed by atoms with Gasteiger partial charge < -0.3 is 10.1 Å². The van der Waals surface area contributed by atoms with Crippen molar-refractivity contribution in [2.24, 2.45) is 4.99 Å². The molecule has 0 saturated heterocycles. The second kappa shape index (κ2) is 6.09. The van der Waals surface area contributed by atoms with E-state index in [1.807, 2.05) is 48.5 Å². The van der Waals surface area contributed by atoms with Crippen LogP contribution in [0, 0.1) is 0 Å². The number of halogens is 1. The van der Waals surface area contributed by atoms with Gasteiger partial charge in [0.15, 0.2) is 0 Å². The summed E-state index contributed by atoms with van der Waals surface area (Å²) in [5, 5.41) is 3.33. The number of hydrogen-bond donors (Lipinski definition) is 1. The quantitative estimate of drug-likeness (QED) is 0.923. The van der Waals surface area contributed by atoms with E-state index >= 15 is 0 Å². The molecule has 2 aromatic carbocycles. The summed E-state index contributed by atoms with van der Waals surface area (Å²) in [4.78, 5) is 4.53. The SMILES string of the molecule is Brc1ccc(Oc2ccccc2C2=NCCCN2)cc1. The van der Waals surface area contributed by atoms with E-state index in [1.54, 1.807) is 0 Å². The Kier molecular flexibility index (Phi) is 4.02. The van der Waals surface area contributed by atoms with Gasteiger partial charge in [-0.05, 0) is 42.8 Å². The van der Waals surface area contributed by atoms with Crippen LogP contribution in [-0.2, 0) is 0 Å². The lowest BCUT2D eigenvalue weighted by Crippen LogP contribution is -2.30. The minimum Gasteiger partial charge on any atom is -0.457 e. The number of benzene rings is 2. The van der Waals surface area contributed by atoms with Gasteiger partial charge in [-0.15, -0.1) is 0 Å². The smallest absolute Gasteiger partial charge is 0.138 e. The van der Waals surface area contributed by atoms with Gasteiger partial charge in [-0.2, -0.15) is 0 Å². The number of aliphatic imine (C=N–C) groups is 1. The van der Waals surface area contributed by atoms with Crippen LogP contribution in [0.1, 0.15) is 12.0 Å². The summed E-state index contributed by atoms with van der Waals surface area (Å²) >= 11 is 3.42. The standard InChI is InChI=1S/C16H15BrN2O/c17-12-6-8-13(9-7-12)20-15-5-2-1-4-14(15)16-18-10-3-11-19-16/h1-2,4-9H,3,10-11H2,(H,18,19). The van der Waals surface area contributed by atoms with Crippen molar-refractivity contribution >= 4 is 21.8 Å². The number of nitrogens with one attached hydrogen (secondary N) is 1. The minimum absolute atomic E-state index is 0.817. The largest absolute Gasteiger partial charge is 0.457 e. The number of rotatable bonds is 3. The highest BCUT2D eigenvalue weighted by Gasteiger charge is 2.12. The van der Waals surface area contributed by atoms with Crippen molar-refractivity contribution in [3.05, 3.63) is 58.6 Å². The van der Waals surface area contributed by atoms with E-state index in [-0.39, 0.29) is 0 Å². The molecule has 1 N–H and O–H groups in total. The van der Waals surface area contributed by atoms with Crippen LogP contribution >= 0.6 is 15.9 Å². The zero-order valence-electron chi connectivity index (χ0n) is 11.0. The predicted molar refractivity (Wildman–Crippen MR) is 84.7 cm³/mol. The molecule has 3 nitrogen and oxygen atoms in total. The Morgan fingerprint density at radius 3 is 2.60 bits per heavy atom. The van der Waals surface area contributed by atoms with E-state index in [4.69, 9.17) is 4.74 Å². The van der Waals surface area contributed by atoms with E-state index in [9.17, 15) is 0 Å². The van der Waals surface area contributed by atoms with Crippen LogP contribution in [0.5, 0.6) is 11.5 Å². The van der Waals surface area contributed by atoms with Crippen molar-refractivity contribution < 1.29 is 4.74 Å². The summed E-state index contributed by atoms with van der Waals surface area (Å²) in [5.74, 6) is 2.56. The minimum atomic E-state index is 0.817. The average Bonchev–Trinajstić information content (AvgIpc) is 2.51. The molecule has 0 saturated carbocycles. The topological polar surface area (TPSA) is 33.6 Å². The number of amidine groups is 1. The monoisotopic (exact) mass is 330 g/mol. The molecule has 0 radical (unpaired) electrons. The molecule has 2 aromatic rings. The maximum absolute atomic E-state index is 5.98. The molecule has 102 valence electrons. The average molecular weight is 331 g/mol. The van der Waals surface area contributed by atoms with Gasteiger partial charge in [0, 0.05) is 17.6 Å². The van der Waals surface area contributed by atoms with Gasteiger partial charge in [0.2, 0.25) is 0 Å². The second-order valence-electron chi connectivity index (χ2n) is 4.56. The predicted octanol–water partition coefficient (Wildman–Crippen LogP) is 3.98. The molecular formula is C16H15BrN2O. The summed E-state index contributed by atoms with van der Waals surface area (Å²) in [5.41, 5.74) is 1.01. The van der Waals surface area contributed by atoms with Crippen LogP contribution in [-0.4, -0.2) is 18.9 Å². The fourth-order valence-electron chi connectivity index (χ4n) is 2.09. The Hall–Kier alpha value is -1.81. The normalized spacial score (nSPS) is 14.3. The van der Waals surface area contributed by atoms with Gasteiger partial charge in [0.05, 0.1) is 5.56 Å². The lowest BCUT2D eigenvalue weighted by atomic mass is 10.1. The molecule has 0 aliphatic carbocycles. The first-order valence-electron chi connectivity index (χ1n) is 6.64. The van der Waals surface area contributed by atoms with Gasteiger partial charge in [-0.3, -0.25) is 4.99 Å². The van der Waals surface area contributed by atoms with E-state index < -0.39 is 0 Å². The summed E-state index contributed by atoms with van der Waals surface area (Å²) in [6.45, 7) is 1.83. The molecule has 1 aliphatic rings. The van der Waals surface area contributed by atoms with Gasteiger partial charge in [0.25, 0.3) is 0 Å². The van der Waals surface area contributed by atoms with E-state index in [0.717, 1.165) is 46.9 Å². The first-order valence-corrected chi connectivity index (χ1v) is 7.43. The van der Waals surface area contributed by atoms with Crippen LogP contribution in [0.2, 0.25) is 0 Å². The third-order valence-corrected chi connectivity index (χ3v) is 3.61. The summed E-state index contributed by atoms with van der Waals surface area (Å²) in [6.07, 6.45) is 1.08. The number of ether oxygens (including phenoxy) is 1. The zero-order chi connectivity index (χ0) is 13.8. The molecule has 1 heterocycles. The lowest BCUT2D eigenvalue weighted by molar-refractivity contribution is 0.481. The van der Waals surface area contributed by atoms with Crippen LogP contribution in [0.15, 0.2) is 58.0 Å². The van der Waals surface area contributed by atoms with Gasteiger partial charge >= 0.3 is 0 Å². The van der Waals surface area contributed by atoms with Gasteiger partial charge in [-0.25, -0.2) is 0 Å². The molecule has 0 bridgehead atoms. The van der Waals surface area contributed by atoms with Crippen molar-refractivity contribution in [2.75, 3.05) is 13.1 Å². The highest BCUT2D eigenvalue weighted by molar-refractivity contribution is 9.10. The lowest BCUT2D eigenvalue weighted by Gasteiger charge is -2.17. The highest BCUT2D eigenvalue weighted by atomic mass is 79.9. The second-order valence-corrected chi connectivity index (χ2v) is 5.48. The van der Waals surface area contributed by atoms with Crippen molar-refractivity contribution in [3.8, 4) is 11.5 Å². The first kappa shape index (κ1) is 13.2. The first-order chi connectivity index (χ1) is 9.83. The molecule has 0 fully saturated rings. The molecule has 4 heteroatoms.